The molecule has 1 aromatic heterocycles. The van der Waals surface area contributed by atoms with E-state index in [9.17, 15) is 9.59 Å². The lowest BCUT2D eigenvalue weighted by Crippen LogP contribution is -2.41. The van der Waals surface area contributed by atoms with Crippen LogP contribution in [0.4, 0.5) is 28.8 Å². The summed E-state index contributed by atoms with van der Waals surface area (Å²) < 4.78 is 0. The van der Waals surface area contributed by atoms with Crippen molar-refractivity contribution in [2.45, 2.75) is 33.7 Å². The first-order chi connectivity index (χ1) is 13.1. The molecule has 0 amide bonds. The highest BCUT2D eigenvalue weighted by Gasteiger charge is 2.27. The molecule has 8 heteroatoms. The van der Waals surface area contributed by atoms with Crippen LogP contribution < -0.4 is 26.8 Å². The SMILES string of the molecule is CC(Nc1c(Nc2ccnc(Nc3ccc(Cl)cc3)n2)c(=O)c1=O)C(C)(C)C. The largest absolute Gasteiger partial charge is 0.377 e. The molecule has 1 atom stereocenters. The van der Waals surface area contributed by atoms with Crippen molar-refractivity contribution in [3.05, 3.63) is 62.0 Å². The molecule has 3 aromatic rings. The molecular formula is C20H22ClN5O2. The van der Waals surface area contributed by atoms with Crippen LogP contribution in [0.2, 0.25) is 5.02 Å². The molecule has 1 unspecified atom stereocenters. The predicted octanol–water partition coefficient (Wildman–Crippen LogP) is 4.06. The summed E-state index contributed by atoms with van der Waals surface area (Å²) in [4.78, 5) is 32.5. The van der Waals surface area contributed by atoms with Gasteiger partial charge >= 0.3 is 0 Å². The third-order valence-electron chi connectivity index (χ3n) is 4.58. The second-order valence-corrected chi connectivity index (χ2v) is 8.10. The molecule has 0 saturated heterocycles. The maximum atomic E-state index is 12.0. The van der Waals surface area contributed by atoms with Crippen LogP contribution >= 0.6 is 11.6 Å². The van der Waals surface area contributed by atoms with Gasteiger partial charge in [-0.2, -0.15) is 4.98 Å². The van der Waals surface area contributed by atoms with E-state index in [-0.39, 0.29) is 17.1 Å². The molecule has 0 aliphatic carbocycles. The second kappa shape index (κ2) is 7.59. The monoisotopic (exact) mass is 399 g/mol. The molecule has 0 bridgehead atoms. The Bertz CT molecular complexity index is 1050. The molecule has 0 spiro atoms. The fourth-order valence-electron chi connectivity index (χ4n) is 2.36. The molecule has 28 heavy (non-hydrogen) atoms. The van der Waals surface area contributed by atoms with Gasteiger partial charge in [-0.05, 0) is 42.7 Å². The second-order valence-electron chi connectivity index (χ2n) is 7.66. The molecule has 0 aliphatic heterocycles. The van der Waals surface area contributed by atoms with E-state index in [1.165, 1.54) is 0 Å². The molecule has 0 fully saturated rings. The van der Waals surface area contributed by atoms with Crippen LogP contribution in [-0.4, -0.2) is 16.0 Å². The van der Waals surface area contributed by atoms with Gasteiger partial charge in [0.15, 0.2) is 0 Å². The average molecular weight is 400 g/mol. The zero-order valence-electron chi connectivity index (χ0n) is 16.1. The summed E-state index contributed by atoms with van der Waals surface area (Å²) in [5, 5.41) is 9.77. The standard InChI is InChI=1S/C20H22ClN5O2/c1-11(20(2,3)4)23-15-16(18(28)17(15)27)25-14-9-10-22-19(26-14)24-13-7-5-12(21)6-8-13/h5-11,23H,1-4H3,(H2,22,24,25,26). The normalized spacial score (nSPS) is 12.6. The Balaban J connectivity index is 1.78. The van der Waals surface area contributed by atoms with Gasteiger partial charge in [-0.3, -0.25) is 9.59 Å². The highest BCUT2D eigenvalue weighted by molar-refractivity contribution is 6.30. The van der Waals surface area contributed by atoms with Crippen molar-refractivity contribution in [3.63, 3.8) is 0 Å². The first-order valence-corrected chi connectivity index (χ1v) is 9.25. The minimum atomic E-state index is -0.561. The van der Waals surface area contributed by atoms with Crippen LogP contribution in [0.15, 0.2) is 46.1 Å². The number of nitrogens with one attached hydrogen (secondary N) is 3. The lowest BCUT2D eigenvalue weighted by molar-refractivity contribution is 0.359. The lowest BCUT2D eigenvalue weighted by Gasteiger charge is -2.30. The van der Waals surface area contributed by atoms with E-state index < -0.39 is 10.9 Å². The highest BCUT2D eigenvalue weighted by atomic mass is 35.5. The van der Waals surface area contributed by atoms with E-state index in [0.29, 0.717) is 22.5 Å². The summed E-state index contributed by atoms with van der Waals surface area (Å²) in [7, 11) is 0. The summed E-state index contributed by atoms with van der Waals surface area (Å²) in [5.41, 5.74) is 0.135. The highest BCUT2D eigenvalue weighted by Crippen LogP contribution is 2.26. The van der Waals surface area contributed by atoms with Gasteiger partial charge in [0.05, 0.1) is 0 Å². The average Bonchev–Trinajstić information content (AvgIpc) is 2.65. The van der Waals surface area contributed by atoms with Crippen molar-refractivity contribution in [2.24, 2.45) is 5.41 Å². The summed E-state index contributed by atoms with van der Waals surface area (Å²) in [5.74, 6) is 0.758. The Morgan fingerprint density at radius 3 is 2.25 bits per heavy atom. The lowest BCUT2D eigenvalue weighted by atomic mass is 9.87. The van der Waals surface area contributed by atoms with Gasteiger partial charge < -0.3 is 16.0 Å². The molecule has 0 saturated carbocycles. The van der Waals surface area contributed by atoms with E-state index in [1.54, 1.807) is 36.5 Å². The smallest absolute Gasteiger partial charge is 0.253 e. The van der Waals surface area contributed by atoms with Crippen molar-refractivity contribution < 1.29 is 0 Å². The number of rotatable bonds is 6. The van der Waals surface area contributed by atoms with E-state index in [0.717, 1.165) is 5.69 Å². The van der Waals surface area contributed by atoms with Crippen molar-refractivity contribution in [1.29, 1.82) is 0 Å². The molecule has 3 rings (SSSR count). The van der Waals surface area contributed by atoms with Crippen molar-refractivity contribution in [1.82, 2.24) is 9.97 Å². The number of aromatic nitrogens is 2. The molecule has 0 radical (unpaired) electrons. The minimum Gasteiger partial charge on any atom is -0.377 e. The van der Waals surface area contributed by atoms with E-state index in [1.807, 2.05) is 6.92 Å². The Kier molecular flexibility index (Phi) is 5.38. The van der Waals surface area contributed by atoms with Gasteiger partial charge in [-0.25, -0.2) is 4.98 Å². The van der Waals surface area contributed by atoms with Crippen LogP contribution in [0, 0.1) is 5.41 Å². The maximum Gasteiger partial charge on any atom is 0.253 e. The molecule has 146 valence electrons. The van der Waals surface area contributed by atoms with Crippen molar-refractivity contribution >= 4 is 40.4 Å². The fraction of sp³-hybridized carbons (Fsp3) is 0.300. The number of hydrogen-bond acceptors (Lipinski definition) is 7. The Labute approximate surface area is 167 Å². The molecule has 7 nitrogen and oxygen atoms in total. The predicted molar refractivity (Wildman–Crippen MR) is 114 cm³/mol. The number of halogens is 1. The first kappa shape index (κ1) is 19.8. The molecule has 1 heterocycles. The minimum absolute atomic E-state index is 0.00359. The Morgan fingerprint density at radius 1 is 0.964 bits per heavy atom. The molecule has 3 N–H and O–H groups in total. The zero-order chi connectivity index (χ0) is 20.5. The summed E-state index contributed by atoms with van der Waals surface area (Å²) >= 11 is 5.88. The topological polar surface area (TPSA) is 96.0 Å². The molecule has 0 aliphatic rings. The summed E-state index contributed by atoms with van der Waals surface area (Å²) in [6.07, 6.45) is 1.56. The molecular weight excluding hydrogens is 378 g/mol. The fourth-order valence-corrected chi connectivity index (χ4v) is 2.49. The van der Waals surface area contributed by atoms with Crippen LogP contribution in [0.3, 0.4) is 0 Å². The van der Waals surface area contributed by atoms with E-state index >= 15 is 0 Å². The number of hydrogen-bond donors (Lipinski definition) is 3. The van der Waals surface area contributed by atoms with Crippen LogP contribution in [0.5, 0.6) is 0 Å². The maximum absolute atomic E-state index is 12.0. The van der Waals surface area contributed by atoms with Gasteiger partial charge in [0.1, 0.15) is 17.2 Å². The first-order valence-electron chi connectivity index (χ1n) is 8.87. The Morgan fingerprint density at radius 2 is 1.61 bits per heavy atom. The van der Waals surface area contributed by atoms with E-state index in [4.69, 9.17) is 11.6 Å². The van der Waals surface area contributed by atoms with Crippen molar-refractivity contribution in [2.75, 3.05) is 16.0 Å². The van der Waals surface area contributed by atoms with Crippen LogP contribution in [-0.2, 0) is 0 Å². The third-order valence-corrected chi connectivity index (χ3v) is 4.83. The van der Waals surface area contributed by atoms with Gasteiger partial charge in [-0.1, -0.05) is 32.4 Å². The van der Waals surface area contributed by atoms with Crippen LogP contribution in [0.25, 0.3) is 0 Å². The van der Waals surface area contributed by atoms with E-state index in [2.05, 4.69) is 46.7 Å². The zero-order valence-corrected chi connectivity index (χ0v) is 16.9. The third kappa shape index (κ3) is 4.31. The van der Waals surface area contributed by atoms with Crippen LogP contribution in [0.1, 0.15) is 27.7 Å². The number of anilines is 5. The summed E-state index contributed by atoms with van der Waals surface area (Å²) in [6, 6.07) is 8.74. The van der Waals surface area contributed by atoms with Gasteiger partial charge in [0, 0.05) is 22.9 Å². The quantitative estimate of drug-likeness (QED) is 0.538. The summed E-state index contributed by atoms with van der Waals surface area (Å²) in [6.45, 7) is 8.15. The van der Waals surface area contributed by atoms with Gasteiger partial charge in [-0.15, -0.1) is 0 Å². The van der Waals surface area contributed by atoms with Gasteiger partial charge in [0.25, 0.3) is 10.9 Å². The Hall–Kier alpha value is -2.93. The number of benzene rings is 1. The van der Waals surface area contributed by atoms with Gasteiger partial charge in [0.2, 0.25) is 5.95 Å². The van der Waals surface area contributed by atoms with Crippen molar-refractivity contribution in [3.8, 4) is 0 Å². The molecule has 2 aromatic carbocycles. The number of nitrogens with zero attached hydrogens (tertiary/aromatic N) is 2.